The lowest BCUT2D eigenvalue weighted by atomic mass is 9.76. The lowest BCUT2D eigenvalue weighted by Crippen LogP contribution is -2.36. The molecule has 1 aliphatic rings. The van der Waals surface area contributed by atoms with Gasteiger partial charge >= 0.3 is 0 Å². The molecule has 1 aromatic carbocycles. The van der Waals surface area contributed by atoms with Gasteiger partial charge in [0.05, 0.1) is 12.3 Å². The first-order chi connectivity index (χ1) is 10.5. The van der Waals surface area contributed by atoms with Crippen molar-refractivity contribution >= 4 is 15.9 Å². The van der Waals surface area contributed by atoms with E-state index >= 15 is 0 Å². The molecule has 116 valence electrons. The standard InChI is InChI=1S/C18H20BrNO2/c1-17(2)11-18(21-3,16-6-4-5-9-20-16)14-10-13(19)7-8-15(14)22-12-17/h4-10H,11-12H2,1-3H3. The number of pyridine rings is 1. The Hall–Kier alpha value is -1.39. The zero-order chi connectivity index (χ0) is 15.8. The summed E-state index contributed by atoms with van der Waals surface area (Å²) in [6.45, 7) is 5.05. The summed E-state index contributed by atoms with van der Waals surface area (Å²) >= 11 is 3.57. The topological polar surface area (TPSA) is 31.4 Å². The SMILES string of the molecule is COC1(c2ccccn2)CC(C)(C)COc2ccc(Br)cc21. The van der Waals surface area contributed by atoms with Gasteiger partial charge < -0.3 is 9.47 Å². The lowest BCUT2D eigenvalue weighted by Gasteiger charge is -2.36. The third-order valence-corrected chi connectivity index (χ3v) is 4.64. The molecule has 0 saturated carbocycles. The van der Waals surface area contributed by atoms with E-state index in [-0.39, 0.29) is 5.41 Å². The van der Waals surface area contributed by atoms with E-state index in [9.17, 15) is 0 Å². The van der Waals surface area contributed by atoms with Crippen LogP contribution in [0.4, 0.5) is 0 Å². The summed E-state index contributed by atoms with van der Waals surface area (Å²) in [6.07, 6.45) is 2.61. The molecule has 0 aliphatic carbocycles. The van der Waals surface area contributed by atoms with Crippen molar-refractivity contribution in [1.29, 1.82) is 0 Å². The molecule has 3 nitrogen and oxygen atoms in total. The largest absolute Gasteiger partial charge is 0.493 e. The molecular weight excluding hydrogens is 342 g/mol. The fourth-order valence-electron chi connectivity index (χ4n) is 3.15. The van der Waals surface area contributed by atoms with Gasteiger partial charge in [0.1, 0.15) is 11.4 Å². The van der Waals surface area contributed by atoms with E-state index in [4.69, 9.17) is 9.47 Å². The number of halogens is 1. The van der Waals surface area contributed by atoms with Crippen molar-refractivity contribution in [2.24, 2.45) is 5.41 Å². The van der Waals surface area contributed by atoms with Gasteiger partial charge in [-0.2, -0.15) is 0 Å². The monoisotopic (exact) mass is 361 g/mol. The van der Waals surface area contributed by atoms with Crippen LogP contribution in [0.3, 0.4) is 0 Å². The van der Waals surface area contributed by atoms with Gasteiger partial charge in [-0.1, -0.05) is 35.8 Å². The molecule has 0 bridgehead atoms. The van der Waals surface area contributed by atoms with E-state index in [1.807, 2.05) is 36.5 Å². The predicted molar refractivity (Wildman–Crippen MR) is 90.1 cm³/mol. The molecule has 0 amide bonds. The average Bonchev–Trinajstić information content (AvgIpc) is 2.63. The molecule has 0 N–H and O–H groups in total. The molecular formula is C18H20BrNO2. The summed E-state index contributed by atoms with van der Waals surface area (Å²) in [5.41, 5.74) is 1.29. The number of aromatic nitrogens is 1. The molecule has 1 aromatic heterocycles. The number of methoxy groups -OCH3 is 1. The fourth-order valence-corrected chi connectivity index (χ4v) is 3.51. The van der Waals surface area contributed by atoms with Crippen LogP contribution in [0, 0.1) is 5.41 Å². The van der Waals surface area contributed by atoms with Gasteiger partial charge in [-0.15, -0.1) is 0 Å². The van der Waals surface area contributed by atoms with Crippen LogP contribution in [0.2, 0.25) is 0 Å². The number of rotatable bonds is 2. The molecule has 1 unspecified atom stereocenters. The average molecular weight is 362 g/mol. The maximum atomic E-state index is 6.10. The van der Waals surface area contributed by atoms with Gasteiger partial charge in [-0.25, -0.2) is 0 Å². The zero-order valence-electron chi connectivity index (χ0n) is 13.1. The molecule has 0 saturated heterocycles. The van der Waals surface area contributed by atoms with Crippen LogP contribution in [0.25, 0.3) is 0 Å². The number of hydrogen-bond acceptors (Lipinski definition) is 3. The number of benzene rings is 1. The summed E-state index contributed by atoms with van der Waals surface area (Å²) in [6, 6.07) is 12.0. The van der Waals surface area contributed by atoms with Gasteiger partial charge in [0.2, 0.25) is 0 Å². The second-order valence-electron chi connectivity index (χ2n) is 6.52. The summed E-state index contributed by atoms with van der Waals surface area (Å²) < 4.78 is 13.2. The quantitative estimate of drug-likeness (QED) is 0.786. The van der Waals surface area contributed by atoms with E-state index in [1.54, 1.807) is 7.11 Å². The van der Waals surface area contributed by atoms with Crippen LogP contribution in [-0.4, -0.2) is 18.7 Å². The van der Waals surface area contributed by atoms with Crippen molar-refractivity contribution in [3.63, 3.8) is 0 Å². The van der Waals surface area contributed by atoms with E-state index < -0.39 is 5.60 Å². The number of ether oxygens (including phenoxy) is 2. The van der Waals surface area contributed by atoms with Gasteiger partial charge in [0, 0.05) is 28.8 Å². The maximum Gasteiger partial charge on any atom is 0.139 e. The molecule has 3 rings (SSSR count). The van der Waals surface area contributed by atoms with Gasteiger partial charge in [-0.3, -0.25) is 4.98 Å². The van der Waals surface area contributed by atoms with Crippen molar-refractivity contribution in [3.05, 3.63) is 58.3 Å². The number of fused-ring (bicyclic) bond motifs is 1. The molecule has 22 heavy (non-hydrogen) atoms. The van der Waals surface area contributed by atoms with E-state index in [1.165, 1.54) is 0 Å². The van der Waals surface area contributed by atoms with Gasteiger partial charge in [0.25, 0.3) is 0 Å². The van der Waals surface area contributed by atoms with Crippen molar-refractivity contribution in [2.75, 3.05) is 13.7 Å². The van der Waals surface area contributed by atoms with E-state index in [0.29, 0.717) is 6.61 Å². The Morgan fingerprint density at radius 1 is 1.23 bits per heavy atom. The highest BCUT2D eigenvalue weighted by atomic mass is 79.9. The Kier molecular flexibility index (Phi) is 4.00. The minimum Gasteiger partial charge on any atom is -0.493 e. The second kappa shape index (κ2) is 5.67. The highest BCUT2D eigenvalue weighted by Crippen LogP contribution is 2.48. The molecule has 0 radical (unpaired) electrons. The minimum atomic E-state index is -0.611. The molecule has 0 fully saturated rings. The van der Waals surface area contributed by atoms with Crippen LogP contribution < -0.4 is 4.74 Å². The van der Waals surface area contributed by atoms with E-state index in [0.717, 1.165) is 27.9 Å². The third-order valence-electron chi connectivity index (χ3n) is 4.15. The predicted octanol–water partition coefficient (Wildman–Crippen LogP) is 4.54. The molecule has 1 atom stereocenters. The Bertz CT molecular complexity index is 672. The highest BCUT2D eigenvalue weighted by molar-refractivity contribution is 9.10. The summed E-state index contributed by atoms with van der Waals surface area (Å²) in [4.78, 5) is 4.59. The van der Waals surface area contributed by atoms with Gasteiger partial charge in [0.15, 0.2) is 0 Å². The normalized spacial score (nSPS) is 23.3. The molecule has 1 aliphatic heterocycles. The zero-order valence-corrected chi connectivity index (χ0v) is 14.7. The Morgan fingerprint density at radius 3 is 2.73 bits per heavy atom. The Morgan fingerprint density at radius 2 is 2.05 bits per heavy atom. The molecule has 2 aromatic rings. The first kappa shape index (κ1) is 15.5. The second-order valence-corrected chi connectivity index (χ2v) is 7.43. The first-order valence-corrected chi connectivity index (χ1v) is 8.16. The molecule has 4 heteroatoms. The van der Waals surface area contributed by atoms with Gasteiger partial charge in [-0.05, 0) is 36.8 Å². The lowest BCUT2D eigenvalue weighted by molar-refractivity contribution is -0.0166. The molecule has 0 spiro atoms. The van der Waals surface area contributed by atoms with Crippen LogP contribution in [0.1, 0.15) is 31.5 Å². The molecule has 2 heterocycles. The van der Waals surface area contributed by atoms with Crippen LogP contribution in [-0.2, 0) is 10.3 Å². The van der Waals surface area contributed by atoms with Crippen molar-refractivity contribution in [2.45, 2.75) is 25.9 Å². The first-order valence-electron chi connectivity index (χ1n) is 7.36. The van der Waals surface area contributed by atoms with E-state index in [2.05, 4.69) is 40.8 Å². The van der Waals surface area contributed by atoms with Crippen LogP contribution in [0.5, 0.6) is 5.75 Å². The Labute approximate surface area is 139 Å². The van der Waals surface area contributed by atoms with Crippen LogP contribution >= 0.6 is 15.9 Å². The van der Waals surface area contributed by atoms with Crippen molar-refractivity contribution in [3.8, 4) is 5.75 Å². The maximum absolute atomic E-state index is 6.10. The smallest absolute Gasteiger partial charge is 0.139 e. The highest BCUT2D eigenvalue weighted by Gasteiger charge is 2.45. The number of hydrogen-bond donors (Lipinski definition) is 0. The van der Waals surface area contributed by atoms with Crippen molar-refractivity contribution < 1.29 is 9.47 Å². The van der Waals surface area contributed by atoms with Crippen molar-refractivity contribution in [1.82, 2.24) is 4.98 Å². The summed E-state index contributed by atoms with van der Waals surface area (Å²) in [5.74, 6) is 0.862. The van der Waals surface area contributed by atoms with Crippen LogP contribution in [0.15, 0.2) is 47.1 Å². The minimum absolute atomic E-state index is 0.0287. The Balaban J connectivity index is 2.27. The fraction of sp³-hybridized carbons (Fsp3) is 0.389. The summed E-state index contributed by atoms with van der Waals surface area (Å²) in [7, 11) is 1.75. The third kappa shape index (κ3) is 2.66. The summed E-state index contributed by atoms with van der Waals surface area (Å²) in [5, 5.41) is 0. The number of nitrogens with zero attached hydrogens (tertiary/aromatic N) is 1.